The number of likely N-dealkylation sites (N-methyl/N-ethyl adjacent to an activating group) is 2. The molecule has 43 heavy (non-hydrogen) atoms. The number of rotatable bonds is 8. The predicted molar refractivity (Wildman–Crippen MR) is 164 cm³/mol. The van der Waals surface area contributed by atoms with Crippen LogP contribution >= 0.6 is 0 Å². The predicted octanol–water partition coefficient (Wildman–Crippen LogP) is 5.27. The summed E-state index contributed by atoms with van der Waals surface area (Å²) in [6.45, 7) is 6.03. The number of carbonyl (C=O) groups is 4. The molecule has 1 heterocycles. The first-order chi connectivity index (χ1) is 20.4. The van der Waals surface area contributed by atoms with Crippen molar-refractivity contribution >= 4 is 41.0 Å². The molecule has 1 aliphatic heterocycles. The minimum absolute atomic E-state index is 0.207. The molecule has 3 amide bonds. The molecule has 0 fully saturated rings. The van der Waals surface area contributed by atoms with E-state index in [0.717, 1.165) is 5.56 Å². The van der Waals surface area contributed by atoms with Gasteiger partial charge in [0, 0.05) is 38.4 Å². The number of hydrogen-bond acceptors (Lipinski definition) is 7. The molecular formula is C33H36N4O6. The molecule has 0 bridgehead atoms. The van der Waals surface area contributed by atoms with Gasteiger partial charge in [0.05, 0.1) is 24.1 Å². The van der Waals surface area contributed by atoms with Crippen molar-refractivity contribution in [1.82, 2.24) is 9.80 Å². The highest BCUT2D eigenvalue weighted by atomic mass is 16.6. The lowest BCUT2D eigenvalue weighted by Gasteiger charge is -2.26. The lowest BCUT2D eigenvalue weighted by Crippen LogP contribution is -2.39. The van der Waals surface area contributed by atoms with Crippen LogP contribution in [0.1, 0.15) is 58.5 Å². The van der Waals surface area contributed by atoms with Crippen LogP contribution in [-0.4, -0.2) is 79.3 Å². The maximum Gasteiger partial charge on any atom is 0.410 e. The summed E-state index contributed by atoms with van der Waals surface area (Å²) < 4.78 is 10.2. The Morgan fingerprint density at radius 1 is 0.860 bits per heavy atom. The Balaban J connectivity index is 1.55. The summed E-state index contributed by atoms with van der Waals surface area (Å²) >= 11 is 0. The van der Waals surface area contributed by atoms with Gasteiger partial charge >= 0.3 is 12.1 Å². The molecule has 0 radical (unpaired) electrons. The number of methoxy groups -OCH3 is 1. The third-order valence-corrected chi connectivity index (χ3v) is 6.83. The Kier molecular flexibility index (Phi) is 9.28. The molecule has 0 aromatic heterocycles. The molecule has 1 atom stereocenters. The molecule has 224 valence electrons. The second-order valence-electron chi connectivity index (χ2n) is 11.3. The quantitative estimate of drug-likeness (QED) is 0.285. The maximum absolute atomic E-state index is 13.2. The first kappa shape index (κ1) is 31.0. The number of hydrogen-bond donors (Lipinski definition) is 1. The minimum Gasteiger partial charge on any atom is -0.465 e. The largest absolute Gasteiger partial charge is 0.465 e. The fourth-order valence-corrected chi connectivity index (χ4v) is 4.55. The zero-order valence-corrected chi connectivity index (χ0v) is 25.2. The summed E-state index contributed by atoms with van der Waals surface area (Å²) in [7, 11) is 4.61. The summed E-state index contributed by atoms with van der Waals surface area (Å²) in [4.78, 5) is 58.4. The van der Waals surface area contributed by atoms with E-state index >= 15 is 0 Å². The number of amides is 3. The highest BCUT2D eigenvalue weighted by Gasteiger charge is 2.36. The van der Waals surface area contributed by atoms with Crippen LogP contribution in [-0.2, 0) is 14.3 Å². The van der Waals surface area contributed by atoms with E-state index in [4.69, 9.17) is 14.5 Å². The monoisotopic (exact) mass is 584 g/mol. The van der Waals surface area contributed by atoms with E-state index in [1.165, 1.54) is 16.9 Å². The average Bonchev–Trinajstić information content (AvgIpc) is 3.32. The minimum atomic E-state index is -0.710. The van der Waals surface area contributed by atoms with Crippen LogP contribution in [0.2, 0.25) is 0 Å². The van der Waals surface area contributed by atoms with E-state index in [1.54, 1.807) is 77.3 Å². The molecule has 10 nitrogen and oxygen atoms in total. The van der Waals surface area contributed by atoms with Crippen molar-refractivity contribution in [3.63, 3.8) is 0 Å². The fraction of sp³-hybridized carbons (Fsp3) is 0.303. The van der Waals surface area contributed by atoms with Crippen LogP contribution in [0, 0.1) is 0 Å². The summed E-state index contributed by atoms with van der Waals surface area (Å²) in [6.07, 6.45) is -0.452. The summed E-state index contributed by atoms with van der Waals surface area (Å²) in [6, 6.07) is 21.2. The highest BCUT2D eigenvalue weighted by Crippen LogP contribution is 2.37. The van der Waals surface area contributed by atoms with Gasteiger partial charge in [0.25, 0.3) is 5.91 Å². The van der Waals surface area contributed by atoms with E-state index in [-0.39, 0.29) is 11.8 Å². The number of nitrogens with one attached hydrogen (secondary N) is 1. The Morgan fingerprint density at radius 3 is 2.12 bits per heavy atom. The van der Waals surface area contributed by atoms with Crippen molar-refractivity contribution in [2.24, 2.45) is 4.99 Å². The van der Waals surface area contributed by atoms with Gasteiger partial charge in [-0.2, -0.15) is 0 Å². The lowest BCUT2D eigenvalue weighted by molar-refractivity contribution is -0.115. The zero-order chi connectivity index (χ0) is 31.3. The number of fused-ring (bicyclic) bond motifs is 1. The number of esters is 1. The lowest BCUT2D eigenvalue weighted by atomic mass is 9.90. The molecular weight excluding hydrogens is 548 g/mol. The maximum atomic E-state index is 13.2. The van der Waals surface area contributed by atoms with Gasteiger partial charge in [0.1, 0.15) is 11.5 Å². The van der Waals surface area contributed by atoms with E-state index < -0.39 is 23.6 Å². The summed E-state index contributed by atoms with van der Waals surface area (Å²) in [5, 5.41) is 2.87. The number of anilines is 1. The van der Waals surface area contributed by atoms with Crippen molar-refractivity contribution < 1.29 is 28.7 Å². The van der Waals surface area contributed by atoms with Crippen molar-refractivity contribution in [3.05, 3.63) is 95.1 Å². The van der Waals surface area contributed by atoms with Crippen LogP contribution in [0.4, 0.5) is 16.2 Å². The van der Waals surface area contributed by atoms with Crippen LogP contribution in [0.25, 0.3) is 0 Å². The van der Waals surface area contributed by atoms with Gasteiger partial charge in [-0.1, -0.05) is 36.4 Å². The molecule has 1 unspecified atom stereocenters. The first-order valence-electron chi connectivity index (χ1n) is 13.8. The standard InChI is InChI=1S/C33H36N4O6/c1-33(2,3)43-32(41)37(5)19-18-36(4)30(39)22-12-15-24(16-13-22)34-28(21-10-8-7-9-11-21)27-25-17-14-23(31(40)42-6)20-26(25)35-29(27)38/h7-17,20,27H,18-19H2,1-6H3,(H,35,38). The first-order valence-corrected chi connectivity index (χ1v) is 13.8. The van der Waals surface area contributed by atoms with Gasteiger partial charge in [-0.15, -0.1) is 0 Å². The molecule has 3 aromatic rings. The van der Waals surface area contributed by atoms with E-state index in [2.05, 4.69) is 5.32 Å². The topological polar surface area (TPSA) is 118 Å². The number of aliphatic imine (C=N–C) groups is 1. The normalized spacial score (nSPS) is 14.4. The number of benzene rings is 3. The Morgan fingerprint density at radius 2 is 1.49 bits per heavy atom. The van der Waals surface area contributed by atoms with E-state index in [0.29, 0.717) is 46.9 Å². The van der Waals surface area contributed by atoms with Gasteiger partial charge in [-0.25, -0.2) is 9.59 Å². The Labute approximate surface area is 251 Å². The second-order valence-corrected chi connectivity index (χ2v) is 11.3. The van der Waals surface area contributed by atoms with Crippen LogP contribution in [0.3, 0.4) is 0 Å². The van der Waals surface area contributed by atoms with Gasteiger partial charge < -0.3 is 24.6 Å². The van der Waals surface area contributed by atoms with Crippen molar-refractivity contribution in [2.75, 3.05) is 39.6 Å². The van der Waals surface area contributed by atoms with Crippen molar-refractivity contribution in [1.29, 1.82) is 0 Å². The van der Waals surface area contributed by atoms with Crippen LogP contribution in [0.5, 0.6) is 0 Å². The van der Waals surface area contributed by atoms with E-state index in [9.17, 15) is 19.2 Å². The number of carbonyl (C=O) groups excluding carboxylic acids is 4. The fourth-order valence-electron chi connectivity index (χ4n) is 4.55. The molecule has 0 saturated carbocycles. The summed E-state index contributed by atoms with van der Waals surface area (Å²) in [5.41, 5.74) is 3.29. The molecule has 0 spiro atoms. The van der Waals surface area contributed by atoms with Crippen LogP contribution < -0.4 is 5.32 Å². The van der Waals surface area contributed by atoms with Crippen molar-refractivity contribution in [3.8, 4) is 0 Å². The van der Waals surface area contributed by atoms with Gasteiger partial charge in [0.2, 0.25) is 5.91 Å². The molecule has 3 aromatic carbocycles. The molecule has 10 heteroatoms. The summed E-state index contributed by atoms with van der Waals surface area (Å²) in [5.74, 6) is -1.67. The molecule has 0 saturated heterocycles. The van der Waals surface area contributed by atoms with Gasteiger partial charge in [-0.3, -0.25) is 14.6 Å². The molecule has 1 N–H and O–H groups in total. The third-order valence-electron chi connectivity index (χ3n) is 6.83. The SMILES string of the molecule is COC(=O)c1ccc2c(c1)NC(=O)C2C(=Nc1ccc(C(=O)N(C)CCN(C)C(=O)OC(C)(C)C)cc1)c1ccccc1. The third kappa shape index (κ3) is 7.45. The Bertz CT molecular complexity index is 1540. The average molecular weight is 585 g/mol. The molecule has 1 aliphatic rings. The van der Waals surface area contributed by atoms with Gasteiger partial charge in [-0.05, 0) is 68.3 Å². The van der Waals surface area contributed by atoms with Gasteiger partial charge in [0.15, 0.2) is 0 Å². The zero-order valence-electron chi connectivity index (χ0n) is 25.2. The van der Waals surface area contributed by atoms with Crippen LogP contribution in [0.15, 0.2) is 77.8 Å². The van der Waals surface area contributed by atoms with Crippen molar-refractivity contribution in [2.45, 2.75) is 32.3 Å². The smallest absolute Gasteiger partial charge is 0.410 e. The molecule has 4 rings (SSSR count). The highest BCUT2D eigenvalue weighted by molar-refractivity contribution is 6.24. The van der Waals surface area contributed by atoms with E-state index in [1.807, 2.05) is 30.3 Å². The Hall–Kier alpha value is -4.99. The number of nitrogens with zero attached hydrogens (tertiary/aromatic N) is 3. The molecule has 0 aliphatic carbocycles. The second kappa shape index (κ2) is 12.9. The number of ether oxygens (including phenoxy) is 2.